The lowest BCUT2D eigenvalue weighted by Crippen LogP contribution is -2.10. The van der Waals surface area contributed by atoms with E-state index in [2.05, 4.69) is 13.0 Å². The lowest BCUT2D eigenvalue weighted by atomic mass is 9.85. The molecule has 1 aliphatic rings. The normalized spacial score (nSPS) is 13.0. The fourth-order valence-electron chi connectivity index (χ4n) is 1.68. The van der Waals surface area contributed by atoms with Crippen LogP contribution in [0.4, 0.5) is 0 Å². The number of methoxy groups -OCH3 is 1. The second kappa shape index (κ2) is 2.89. The number of benzene rings is 1. The van der Waals surface area contributed by atoms with Gasteiger partial charge in [0, 0.05) is 6.54 Å². The van der Waals surface area contributed by atoms with Gasteiger partial charge in [-0.3, -0.25) is 0 Å². The molecule has 2 rings (SSSR count). The van der Waals surface area contributed by atoms with Crippen LogP contribution >= 0.6 is 0 Å². The number of aryl methyl sites for hydroxylation is 1. The summed E-state index contributed by atoms with van der Waals surface area (Å²) in [6.45, 7) is 2.70. The number of hydrogen-bond donors (Lipinski definition) is 1. The molecule has 0 bridgehead atoms. The van der Waals surface area contributed by atoms with Gasteiger partial charge < -0.3 is 10.5 Å². The van der Waals surface area contributed by atoms with Crippen molar-refractivity contribution in [2.45, 2.75) is 6.92 Å². The summed E-state index contributed by atoms with van der Waals surface area (Å²) in [5.74, 6) is 0.912. The van der Waals surface area contributed by atoms with Crippen molar-refractivity contribution in [3.05, 3.63) is 28.8 Å². The Morgan fingerprint density at radius 1 is 1.38 bits per heavy atom. The first-order chi connectivity index (χ1) is 6.26. The van der Waals surface area contributed by atoms with E-state index in [0.29, 0.717) is 6.54 Å². The van der Waals surface area contributed by atoms with Gasteiger partial charge in [0.2, 0.25) is 0 Å². The molecule has 0 aliphatic heterocycles. The van der Waals surface area contributed by atoms with E-state index >= 15 is 0 Å². The Balaban J connectivity index is 2.47. The van der Waals surface area contributed by atoms with Crippen molar-refractivity contribution in [2.24, 2.45) is 5.73 Å². The zero-order valence-corrected chi connectivity index (χ0v) is 7.92. The molecule has 0 unspecified atom stereocenters. The fraction of sp³-hybridized carbons (Fsp3) is 0.273. The molecule has 0 atom stereocenters. The highest BCUT2D eigenvalue weighted by atomic mass is 16.5. The molecule has 13 heavy (non-hydrogen) atoms. The Bertz CT molecular complexity index is 380. The van der Waals surface area contributed by atoms with Crippen LogP contribution in [0.5, 0.6) is 5.75 Å². The second-order valence-electron chi connectivity index (χ2n) is 3.28. The monoisotopic (exact) mass is 175 g/mol. The number of ether oxygens (including phenoxy) is 1. The maximum absolute atomic E-state index is 5.58. The molecular formula is C11H13NO. The summed E-state index contributed by atoms with van der Waals surface area (Å²) < 4.78 is 5.19. The van der Waals surface area contributed by atoms with Crippen molar-refractivity contribution in [3.63, 3.8) is 0 Å². The summed E-state index contributed by atoms with van der Waals surface area (Å²) >= 11 is 0. The molecule has 0 heterocycles. The molecule has 68 valence electrons. The third kappa shape index (κ3) is 1.14. The number of fused-ring (bicyclic) bond motifs is 1. The van der Waals surface area contributed by atoms with Gasteiger partial charge in [0.1, 0.15) is 5.75 Å². The molecule has 0 radical (unpaired) electrons. The van der Waals surface area contributed by atoms with Gasteiger partial charge in [-0.05, 0) is 47.4 Å². The van der Waals surface area contributed by atoms with E-state index in [1.54, 1.807) is 7.11 Å². The first-order valence-electron chi connectivity index (χ1n) is 4.36. The van der Waals surface area contributed by atoms with Crippen molar-refractivity contribution < 1.29 is 4.74 Å². The average Bonchev–Trinajstić information content (AvgIpc) is 2.09. The quantitative estimate of drug-likeness (QED) is 0.744. The Kier molecular flexibility index (Phi) is 1.85. The number of nitrogens with two attached hydrogens (primary N) is 1. The molecule has 2 N–H and O–H groups in total. The van der Waals surface area contributed by atoms with Crippen molar-refractivity contribution in [1.29, 1.82) is 0 Å². The van der Waals surface area contributed by atoms with E-state index in [0.717, 1.165) is 5.75 Å². The lowest BCUT2D eigenvalue weighted by Gasteiger charge is -2.21. The van der Waals surface area contributed by atoms with Gasteiger partial charge >= 0.3 is 0 Å². The Morgan fingerprint density at radius 2 is 2.15 bits per heavy atom. The summed E-state index contributed by atoms with van der Waals surface area (Å²) in [4.78, 5) is 0. The first-order valence-corrected chi connectivity index (χ1v) is 4.36. The molecule has 2 nitrogen and oxygen atoms in total. The first kappa shape index (κ1) is 8.32. The topological polar surface area (TPSA) is 35.2 Å². The Morgan fingerprint density at radius 3 is 2.77 bits per heavy atom. The van der Waals surface area contributed by atoms with Crippen LogP contribution in [0.3, 0.4) is 0 Å². The molecule has 0 saturated carbocycles. The van der Waals surface area contributed by atoms with E-state index in [9.17, 15) is 0 Å². The van der Waals surface area contributed by atoms with Crippen LogP contribution in [0, 0.1) is 6.92 Å². The Labute approximate surface area is 78.0 Å². The van der Waals surface area contributed by atoms with Crippen LogP contribution in [-0.2, 0) is 0 Å². The SMILES string of the molecule is COc1cc(C)c2c(c1)C(CN)=C2. The van der Waals surface area contributed by atoms with E-state index in [4.69, 9.17) is 10.5 Å². The van der Waals surface area contributed by atoms with E-state index in [1.807, 2.05) is 12.1 Å². The molecular weight excluding hydrogens is 162 g/mol. The summed E-state index contributed by atoms with van der Waals surface area (Å²) in [7, 11) is 1.69. The van der Waals surface area contributed by atoms with Gasteiger partial charge in [-0.25, -0.2) is 0 Å². The minimum absolute atomic E-state index is 0.611. The van der Waals surface area contributed by atoms with E-state index in [1.165, 1.54) is 22.3 Å². The smallest absolute Gasteiger partial charge is 0.119 e. The van der Waals surface area contributed by atoms with Crippen molar-refractivity contribution >= 4 is 11.6 Å². The maximum atomic E-state index is 5.58. The standard InChI is InChI=1S/C11H13NO/c1-7-3-9(13-2)5-11-8(6-12)4-10(7)11/h3-5H,6,12H2,1-2H3. The zero-order valence-electron chi connectivity index (χ0n) is 7.92. The van der Waals surface area contributed by atoms with Crippen molar-refractivity contribution in [1.82, 2.24) is 0 Å². The molecule has 0 amide bonds. The summed E-state index contributed by atoms with van der Waals surface area (Å²) in [5, 5.41) is 0. The van der Waals surface area contributed by atoms with Crippen LogP contribution in [0.15, 0.2) is 12.1 Å². The highest BCUT2D eigenvalue weighted by Crippen LogP contribution is 2.36. The molecule has 1 aromatic carbocycles. The largest absolute Gasteiger partial charge is 0.497 e. The van der Waals surface area contributed by atoms with Gasteiger partial charge in [0.25, 0.3) is 0 Å². The molecule has 0 aromatic heterocycles. The third-order valence-corrected chi connectivity index (χ3v) is 2.48. The minimum atomic E-state index is 0.611. The predicted molar refractivity (Wildman–Crippen MR) is 54.7 cm³/mol. The number of hydrogen-bond acceptors (Lipinski definition) is 2. The minimum Gasteiger partial charge on any atom is -0.497 e. The molecule has 0 saturated heterocycles. The van der Waals surface area contributed by atoms with Gasteiger partial charge in [-0.15, -0.1) is 0 Å². The van der Waals surface area contributed by atoms with Gasteiger partial charge in [0.15, 0.2) is 0 Å². The zero-order chi connectivity index (χ0) is 9.42. The molecule has 2 heteroatoms. The fourth-order valence-corrected chi connectivity index (χ4v) is 1.68. The molecule has 1 aliphatic carbocycles. The number of rotatable bonds is 2. The van der Waals surface area contributed by atoms with E-state index in [-0.39, 0.29) is 0 Å². The third-order valence-electron chi connectivity index (χ3n) is 2.48. The van der Waals surface area contributed by atoms with Gasteiger partial charge in [0.05, 0.1) is 7.11 Å². The average molecular weight is 175 g/mol. The van der Waals surface area contributed by atoms with Crippen molar-refractivity contribution in [3.8, 4) is 5.75 Å². The van der Waals surface area contributed by atoms with Crippen LogP contribution in [-0.4, -0.2) is 13.7 Å². The van der Waals surface area contributed by atoms with Gasteiger partial charge in [-0.1, -0.05) is 0 Å². The highest BCUT2D eigenvalue weighted by molar-refractivity contribution is 5.97. The maximum Gasteiger partial charge on any atom is 0.119 e. The Hall–Kier alpha value is -1.28. The van der Waals surface area contributed by atoms with Crippen LogP contribution in [0.2, 0.25) is 0 Å². The highest BCUT2D eigenvalue weighted by Gasteiger charge is 2.17. The predicted octanol–water partition coefficient (Wildman–Crippen LogP) is 1.82. The van der Waals surface area contributed by atoms with E-state index < -0.39 is 0 Å². The van der Waals surface area contributed by atoms with Gasteiger partial charge in [-0.2, -0.15) is 0 Å². The second-order valence-corrected chi connectivity index (χ2v) is 3.28. The molecule has 0 fully saturated rings. The van der Waals surface area contributed by atoms with Crippen LogP contribution in [0.25, 0.3) is 11.6 Å². The summed E-state index contributed by atoms with van der Waals surface area (Å²) in [6, 6.07) is 4.09. The summed E-state index contributed by atoms with van der Waals surface area (Å²) in [5.41, 5.74) is 10.6. The molecule has 1 aromatic rings. The summed E-state index contributed by atoms with van der Waals surface area (Å²) in [6.07, 6.45) is 2.14. The lowest BCUT2D eigenvalue weighted by molar-refractivity contribution is 0.414. The van der Waals surface area contributed by atoms with Crippen LogP contribution < -0.4 is 10.5 Å². The van der Waals surface area contributed by atoms with Crippen LogP contribution in [0.1, 0.15) is 16.7 Å². The molecule has 0 spiro atoms. The van der Waals surface area contributed by atoms with Crippen molar-refractivity contribution in [2.75, 3.05) is 13.7 Å².